The van der Waals surface area contributed by atoms with Crippen molar-refractivity contribution in [2.45, 2.75) is 6.54 Å². The molecule has 3 aromatic rings. The topological polar surface area (TPSA) is 72.7 Å². The van der Waals surface area contributed by atoms with Gasteiger partial charge in [-0.15, -0.1) is 16.4 Å². The Kier molecular flexibility index (Phi) is 4.22. The van der Waals surface area contributed by atoms with E-state index in [1.807, 2.05) is 41.8 Å². The molecular formula is C15H11N5OS. The summed E-state index contributed by atoms with van der Waals surface area (Å²) in [6.07, 6.45) is 1.39. The first-order valence-electron chi connectivity index (χ1n) is 6.46. The number of tetrazole rings is 1. The molecular weight excluding hydrogens is 298 g/mol. The van der Waals surface area contributed by atoms with Crippen LogP contribution in [0.4, 0.5) is 5.69 Å². The van der Waals surface area contributed by atoms with Gasteiger partial charge in [0, 0.05) is 11.3 Å². The Hall–Kier alpha value is -2.98. The van der Waals surface area contributed by atoms with E-state index >= 15 is 0 Å². The van der Waals surface area contributed by atoms with Crippen molar-refractivity contribution >= 4 is 22.9 Å². The maximum atomic E-state index is 11.9. The molecule has 0 bridgehead atoms. The molecule has 0 atom stereocenters. The molecule has 0 aliphatic heterocycles. The molecule has 1 amide bonds. The lowest BCUT2D eigenvalue weighted by Gasteiger charge is -2.04. The molecule has 0 fully saturated rings. The first-order chi connectivity index (χ1) is 10.8. The van der Waals surface area contributed by atoms with Gasteiger partial charge in [0.15, 0.2) is 0 Å². The number of nitrogens with zero attached hydrogens (tertiary/aromatic N) is 4. The fourth-order valence-electron chi connectivity index (χ4n) is 1.76. The van der Waals surface area contributed by atoms with Crippen LogP contribution in [0.3, 0.4) is 0 Å². The number of hydrogen-bond acceptors (Lipinski definition) is 5. The van der Waals surface area contributed by atoms with Crippen LogP contribution in [0.5, 0.6) is 0 Å². The number of benzene rings is 1. The highest BCUT2D eigenvalue weighted by atomic mass is 32.1. The molecule has 1 aromatic carbocycles. The summed E-state index contributed by atoms with van der Waals surface area (Å²) in [6.45, 7) is 0.0676. The molecule has 108 valence electrons. The maximum Gasteiger partial charge on any atom is 0.246 e. The number of rotatable bonds is 3. The molecule has 7 heteroatoms. The normalized spacial score (nSPS) is 9.82. The lowest BCUT2D eigenvalue weighted by molar-refractivity contribution is -0.116. The van der Waals surface area contributed by atoms with Crippen LogP contribution in [-0.2, 0) is 11.3 Å². The molecule has 0 aliphatic carbocycles. The second-order valence-electron chi connectivity index (χ2n) is 4.36. The standard InChI is InChI=1S/C15H11N5OS/c21-15(10-20-11-16-18-19-20)17-13-4-1-3-12(9-13)6-7-14-5-2-8-22-14/h1-5,8-9,11H,10H2,(H,17,21). The summed E-state index contributed by atoms with van der Waals surface area (Å²) >= 11 is 1.59. The minimum absolute atomic E-state index is 0.0676. The molecule has 0 aliphatic rings. The highest BCUT2D eigenvalue weighted by molar-refractivity contribution is 7.10. The molecule has 0 saturated carbocycles. The summed E-state index contributed by atoms with van der Waals surface area (Å²) in [6, 6.07) is 11.3. The Morgan fingerprint density at radius 1 is 1.27 bits per heavy atom. The van der Waals surface area contributed by atoms with Gasteiger partial charge >= 0.3 is 0 Å². The molecule has 2 heterocycles. The Bertz CT molecular complexity index is 815. The van der Waals surface area contributed by atoms with Gasteiger partial charge in [0.1, 0.15) is 12.9 Å². The van der Waals surface area contributed by atoms with Gasteiger partial charge in [-0.3, -0.25) is 4.79 Å². The van der Waals surface area contributed by atoms with Gasteiger partial charge in [-0.2, -0.15) is 0 Å². The molecule has 0 unspecified atom stereocenters. The van der Waals surface area contributed by atoms with E-state index < -0.39 is 0 Å². The number of anilines is 1. The predicted molar refractivity (Wildman–Crippen MR) is 83.2 cm³/mol. The number of aromatic nitrogens is 4. The third-order valence-corrected chi connectivity index (χ3v) is 3.48. The first kappa shape index (κ1) is 14.0. The summed E-state index contributed by atoms with van der Waals surface area (Å²) in [5.41, 5.74) is 1.53. The fraction of sp³-hybridized carbons (Fsp3) is 0.0667. The average Bonchev–Trinajstić information content (AvgIpc) is 3.18. The van der Waals surface area contributed by atoms with E-state index in [1.165, 1.54) is 11.0 Å². The van der Waals surface area contributed by atoms with Crippen molar-refractivity contribution < 1.29 is 4.79 Å². The third kappa shape index (κ3) is 3.77. The quantitative estimate of drug-likeness (QED) is 0.748. The number of nitrogens with one attached hydrogen (secondary N) is 1. The van der Waals surface area contributed by atoms with Gasteiger partial charge in [-0.05, 0) is 40.1 Å². The van der Waals surface area contributed by atoms with Crippen molar-refractivity contribution in [3.63, 3.8) is 0 Å². The molecule has 0 radical (unpaired) electrons. The van der Waals surface area contributed by atoms with Crippen molar-refractivity contribution in [3.05, 3.63) is 58.5 Å². The number of carbonyl (C=O) groups excluding carboxylic acids is 1. The Balaban J connectivity index is 1.67. The summed E-state index contributed by atoms with van der Waals surface area (Å²) in [7, 11) is 0. The van der Waals surface area contributed by atoms with E-state index in [0.717, 1.165) is 10.4 Å². The van der Waals surface area contributed by atoms with Crippen LogP contribution >= 0.6 is 11.3 Å². The summed E-state index contributed by atoms with van der Waals surface area (Å²) in [5.74, 6) is 5.96. The Morgan fingerprint density at radius 3 is 3.00 bits per heavy atom. The van der Waals surface area contributed by atoms with Crippen molar-refractivity contribution in [2.75, 3.05) is 5.32 Å². The van der Waals surface area contributed by atoms with Crippen LogP contribution in [-0.4, -0.2) is 26.1 Å². The van der Waals surface area contributed by atoms with Gasteiger partial charge in [0.05, 0.1) is 4.88 Å². The zero-order chi connectivity index (χ0) is 15.2. The second-order valence-corrected chi connectivity index (χ2v) is 5.31. The van der Waals surface area contributed by atoms with E-state index in [0.29, 0.717) is 5.69 Å². The Morgan fingerprint density at radius 2 is 2.23 bits per heavy atom. The number of hydrogen-bond donors (Lipinski definition) is 1. The average molecular weight is 309 g/mol. The van der Waals surface area contributed by atoms with Crippen molar-refractivity contribution in [1.82, 2.24) is 20.2 Å². The Labute approximate surface area is 130 Å². The summed E-state index contributed by atoms with van der Waals surface area (Å²) in [4.78, 5) is 12.9. The van der Waals surface area contributed by atoms with Crippen molar-refractivity contribution in [1.29, 1.82) is 0 Å². The van der Waals surface area contributed by atoms with Gasteiger partial charge in [0.25, 0.3) is 0 Å². The van der Waals surface area contributed by atoms with Gasteiger partial charge in [0.2, 0.25) is 5.91 Å². The molecule has 3 rings (SSSR count). The third-order valence-electron chi connectivity index (χ3n) is 2.69. The molecule has 22 heavy (non-hydrogen) atoms. The highest BCUT2D eigenvalue weighted by Gasteiger charge is 2.04. The van der Waals surface area contributed by atoms with Gasteiger partial charge < -0.3 is 5.32 Å². The fourth-order valence-corrected chi connectivity index (χ4v) is 2.33. The minimum Gasteiger partial charge on any atom is -0.324 e. The van der Waals surface area contributed by atoms with Gasteiger partial charge in [-0.25, -0.2) is 4.68 Å². The molecule has 1 N–H and O–H groups in total. The van der Waals surface area contributed by atoms with E-state index in [1.54, 1.807) is 11.3 Å². The molecule has 6 nitrogen and oxygen atoms in total. The molecule has 2 aromatic heterocycles. The van der Waals surface area contributed by atoms with Crippen LogP contribution in [0, 0.1) is 11.8 Å². The molecule has 0 saturated heterocycles. The lowest BCUT2D eigenvalue weighted by Crippen LogP contribution is -2.19. The van der Waals surface area contributed by atoms with E-state index in [9.17, 15) is 4.79 Å². The second kappa shape index (κ2) is 6.65. The van der Waals surface area contributed by atoms with Crippen LogP contribution in [0.1, 0.15) is 10.4 Å². The summed E-state index contributed by atoms with van der Waals surface area (Å²) in [5, 5.41) is 15.4. The predicted octanol–water partition coefficient (Wildman–Crippen LogP) is 1.77. The lowest BCUT2D eigenvalue weighted by atomic mass is 10.2. The van der Waals surface area contributed by atoms with Crippen LogP contribution < -0.4 is 5.32 Å². The SMILES string of the molecule is O=C(Cn1cnnn1)Nc1cccc(C#Cc2cccs2)c1. The smallest absolute Gasteiger partial charge is 0.246 e. The van der Waals surface area contributed by atoms with E-state index in [-0.39, 0.29) is 12.5 Å². The van der Waals surface area contributed by atoms with E-state index in [4.69, 9.17) is 0 Å². The largest absolute Gasteiger partial charge is 0.324 e. The minimum atomic E-state index is -0.198. The summed E-state index contributed by atoms with van der Waals surface area (Å²) < 4.78 is 1.36. The highest BCUT2D eigenvalue weighted by Crippen LogP contribution is 2.11. The number of thiophene rings is 1. The number of carbonyl (C=O) groups is 1. The van der Waals surface area contributed by atoms with Crippen molar-refractivity contribution in [2.24, 2.45) is 0 Å². The maximum absolute atomic E-state index is 11.9. The van der Waals surface area contributed by atoms with E-state index in [2.05, 4.69) is 32.7 Å². The zero-order valence-corrected chi connectivity index (χ0v) is 12.2. The van der Waals surface area contributed by atoms with Crippen LogP contribution in [0.2, 0.25) is 0 Å². The first-order valence-corrected chi connectivity index (χ1v) is 7.34. The monoisotopic (exact) mass is 309 g/mol. The van der Waals surface area contributed by atoms with Crippen molar-refractivity contribution in [3.8, 4) is 11.8 Å². The van der Waals surface area contributed by atoms with Crippen LogP contribution in [0.15, 0.2) is 48.1 Å². The molecule has 0 spiro atoms. The van der Waals surface area contributed by atoms with Crippen LogP contribution in [0.25, 0.3) is 0 Å². The van der Waals surface area contributed by atoms with Gasteiger partial charge in [-0.1, -0.05) is 24.0 Å². The zero-order valence-electron chi connectivity index (χ0n) is 11.4. The number of amides is 1.